The highest BCUT2D eigenvalue weighted by Crippen LogP contribution is 2.45. The molecule has 0 bridgehead atoms. The summed E-state index contributed by atoms with van der Waals surface area (Å²) in [7, 11) is -3.04. The number of sulfone groups is 1. The summed E-state index contributed by atoms with van der Waals surface area (Å²) in [6.07, 6.45) is 0.701. The van der Waals surface area contributed by atoms with Crippen LogP contribution in [0.3, 0.4) is 0 Å². The molecule has 1 atom stereocenters. The molecule has 0 aromatic heterocycles. The van der Waals surface area contributed by atoms with Crippen molar-refractivity contribution in [2.45, 2.75) is 24.6 Å². The van der Waals surface area contributed by atoms with Gasteiger partial charge in [0.2, 0.25) is 0 Å². The second-order valence-electron chi connectivity index (χ2n) is 6.30. The van der Waals surface area contributed by atoms with E-state index in [1.54, 1.807) is 12.1 Å². The predicted octanol–water partition coefficient (Wildman–Crippen LogP) is 1.85. The number of nitrogens with zero attached hydrogens (tertiary/aromatic N) is 1. The summed E-state index contributed by atoms with van der Waals surface area (Å²) in [6, 6.07) is 6.38. The summed E-state index contributed by atoms with van der Waals surface area (Å²) in [4.78, 5) is 2.12. The molecule has 0 amide bonds. The van der Waals surface area contributed by atoms with Crippen LogP contribution in [0.15, 0.2) is 24.3 Å². The number of ether oxygens (including phenoxy) is 1. The summed E-state index contributed by atoms with van der Waals surface area (Å²) in [6.45, 7) is 4.86. The van der Waals surface area contributed by atoms with Crippen molar-refractivity contribution in [1.29, 1.82) is 0 Å². The molecule has 6 heteroatoms. The van der Waals surface area contributed by atoms with Crippen molar-refractivity contribution in [3.8, 4) is 0 Å². The van der Waals surface area contributed by atoms with Crippen molar-refractivity contribution < 1.29 is 17.5 Å². The van der Waals surface area contributed by atoms with Gasteiger partial charge in [-0.2, -0.15) is 0 Å². The Labute approximate surface area is 131 Å². The van der Waals surface area contributed by atoms with Gasteiger partial charge in [0, 0.05) is 32.2 Å². The van der Waals surface area contributed by atoms with E-state index in [4.69, 9.17) is 4.74 Å². The van der Waals surface area contributed by atoms with Crippen molar-refractivity contribution in [2.24, 2.45) is 5.92 Å². The van der Waals surface area contributed by atoms with Crippen LogP contribution >= 0.6 is 0 Å². The van der Waals surface area contributed by atoms with Gasteiger partial charge in [-0.25, -0.2) is 12.8 Å². The predicted molar refractivity (Wildman–Crippen MR) is 82.8 cm³/mol. The summed E-state index contributed by atoms with van der Waals surface area (Å²) < 4.78 is 42.7. The Hall–Kier alpha value is -0.980. The van der Waals surface area contributed by atoms with E-state index in [1.807, 2.05) is 6.92 Å². The molecule has 2 aliphatic heterocycles. The SMILES string of the molecule is CCOC[C@@H]1CCS(=O)(=O)C12CN(Cc1ccc(F)cc1)C2. The van der Waals surface area contributed by atoms with Gasteiger partial charge in [-0.05, 0) is 31.0 Å². The normalized spacial score (nSPS) is 26.2. The number of benzene rings is 1. The number of hydrogen-bond acceptors (Lipinski definition) is 4. The highest BCUT2D eigenvalue weighted by atomic mass is 32.2. The Bertz CT molecular complexity index is 623. The molecule has 0 saturated carbocycles. The van der Waals surface area contributed by atoms with E-state index < -0.39 is 14.6 Å². The number of rotatable bonds is 5. The zero-order chi connectivity index (χ0) is 15.8. The first kappa shape index (κ1) is 15.9. The first-order valence-corrected chi connectivity index (χ1v) is 9.39. The lowest BCUT2D eigenvalue weighted by molar-refractivity contribution is 0.0292. The first-order chi connectivity index (χ1) is 10.5. The van der Waals surface area contributed by atoms with Crippen molar-refractivity contribution in [3.63, 3.8) is 0 Å². The zero-order valence-electron chi connectivity index (χ0n) is 12.8. The van der Waals surface area contributed by atoms with Crippen LogP contribution in [0.25, 0.3) is 0 Å². The minimum Gasteiger partial charge on any atom is -0.381 e. The molecule has 0 aliphatic carbocycles. The maximum atomic E-state index is 12.9. The number of likely N-dealkylation sites (tertiary alicyclic amines) is 1. The lowest BCUT2D eigenvalue weighted by Crippen LogP contribution is -2.67. The van der Waals surface area contributed by atoms with Crippen molar-refractivity contribution in [3.05, 3.63) is 35.6 Å². The molecule has 22 heavy (non-hydrogen) atoms. The highest BCUT2D eigenvalue weighted by molar-refractivity contribution is 7.93. The number of halogens is 1. The van der Waals surface area contributed by atoms with Crippen LogP contribution < -0.4 is 0 Å². The van der Waals surface area contributed by atoms with E-state index in [9.17, 15) is 12.8 Å². The van der Waals surface area contributed by atoms with Crippen LogP contribution in [0.2, 0.25) is 0 Å². The van der Waals surface area contributed by atoms with E-state index >= 15 is 0 Å². The minimum absolute atomic E-state index is 0.0990. The van der Waals surface area contributed by atoms with Crippen molar-refractivity contribution in [1.82, 2.24) is 4.90 Å². The van der Waals surface area contributed by atoms with Gasteiger partial charge in [-0.15, -0.1) is 0 Å². The lowest BCUT2D eigenvalue weighted by Gasteiger charge is -2.50. The summed E-state index contributed by atoms with van der Waals surface area (Å²) in [5, 5.41) is 0. The third-order valence-corrected chi connectivity index (χ3v) is 7.53. The second kappa shape index (κ2) is 5.91. The molecule has 2 saturated heterocycles. The Morgan fingerprint density at radius 2 is 2.00 bits per heavy atom. The third kappa shape index (κ3) is 2.68. The molecule has 3 rings (SSSR count). The Morgan fingerprint density at radius 3 is 2.64 bits per heavy atom. The summed E-state index contributed by atoms with van der Waals surface area (Å²) in [5.74, 6) is 0.121. The average Bonchev–Trinajstić information content (AvgIpc) is 2.70. The number of hydrogen-bond donors (Lipinski definition) is 0. The van der Waals surface area contributed by atoms with Gasteiger partial charge in [-0.3, -0.25) is 4.90 Å². The molecule has 1 spiro atoms. The smallest absolute Gasteiger partial charge is 0.158 e. The summed E-state index contributed by atoms with van der Waals surface area (Å²) in [5.41, 5.74) is 1.01. The Balaban J connectivity index is 1.66. The Kier molecular flexibility index (Phi) is 4.27. The first-order valence-electron chi connectivity index (χ1n) is 7.74. The molecule has 122 valence electrons. The molecule has 1 aromatic carbocycles. The highest BCUT2D eigenvalue weighted by Gasteiger charge is 2.61. The molecule has 0 unspecified atom stereocenters. The van der Waals surface area contributed by atoms with Crippen LogP contribution in [0.1, 0.15) is 18.9 Å². The van der Waals surface area contributed by atoms with Gasteiger partial charge in [0.25, 0.3) is 0 Å². The zero-order valence-corrected chi connectivity index (χ0v) is 13.6. The van der Waals surface area contributed by atoms with Crippen LogP contribution in [-0.2, 0) is 21.1 Å². The minimum atomic E-state index is -3.04. The van der Waals surface area contributed by atoms with Crippen LogP contribution in [0.4, 0.5) is 4.39 Å². The van der Waals surface area contributed by atoms with E-state index in [2.05, 4.69) is 4.90 Å². The van der Waals surface area contributed by atoms with E-state index in [0.29, 0.717) is 39.3 Å². The molecule has 1 aromatic rings. The topological polar surface area (TPSA) is 46.6 Å². The second-order valence-corrected chi connectivity index (χ2v) is 8.75. The van der Waals surface area contributed by atoms with Crippen LogP contribution in [-0.4, -0.2) is 50.1 Å². The van der Waals surface area contributed by atoms with Crippen LogP contribution in [0.5, 0.6) is 0 Å². The van der Waals surface area contributed by atoms with Gasteiger partial charge >= 0.3 is 0 Å². The van der Waals surface area contributed by atoms with Gasteiger partial charge in [0.05, 0.1) is 12.4 Å². The lowest BCUT2D eigenvalue weighted by atomic mass is 9.83. The standard InChI is InChI=1S/C16H22FNO3S/c1-2-21-10-14-7-8-22(19,20)16(14)11-18(12-16)9-13-3-5-15(17)6-4-13/h3-6,14H,2,7-12H2,1H3/t14-/m0/s1. The fourth-order valence-electron chi connectivity index (χ4n) is 3.64. The molecule has 2 aliphatic rings. The van der Waals surface area contributed by atoms with Gasteiger partial charge in [0.1, 0.15) is 10.6 Å². The molecule has 0 radical (unpaired) electrons. The maximum Gasteiger partial charge on any atom is 0.158 e. The van der Waals surface area contributed by atoms with Crippen LogP contribution in [0, 0.1) is 11.7 Å². The molecule has 4 nitrogen and oxygen atoms in total. The van der Waals surface area contributed by atoms with E-state index in [-0.39, 0.29) is 17.5 Å². The molecule has 0 N–H and O–H groups in total. The van der Waals surface area contributed by atoms with Crippen molar-refractivity contribution >= 4 is 9.84 Å². The van der Waals surface area contributed by atoms with Gasteiger partial charge < -0.3 is 4.74 Å². The molecular weight excluding hydrogens is 305 g/mol. The third-order valence-electron chi connectivity index (χ3n) is 4.92. The fraction of sp³-hybridized carbons (Fsp3) is 0.625. The maximum absolute atomic E-state index is 12.9. The largest absolute Gasteiger partial charge is 0.381 e. The monoisotopic (exact) mass is 327 g/mol. The van der Waals surface area contributed by atoms with Gasteiger partial charge in [0.15, 0.2) is 9.84 Å². The van der Waals surface area contributed by atoms with E-state index in [1.165, 1.54) is 12.1 Å². The Morgan fingerprint density at radius 1 is 1.32 bits per heavy atom. The average molecular weight is 327 g/mol. The molecule has 2 fully saturated rings. The van der Waals surface area contributed by atoms with Crippen molar-refractivity contribution in [2.75, 3.05) is 32.1 Å². The molecular formula is C16H22FNO3S. The quantitative estimate of drug-likeness (QED) is 0.828. The van der Waals surface area contributed by atoms with E-state index in [0.717, 1.165) is 5.56 Å². The molecule has 2 heterocycles. The summed E-state index contributed by atoms with van der Waals surface area (Å²) >= 11 is 0. The fourth-order valence-corrected chi connectivity index (χ4v) is 6.09. The van der Waals surface area contributed by atoms with Gasteiger partial charge in [-0.1, -0.05) is 12.1 Å².